The summed E-state index contributed by atoms with van der Waals surface area (Å²) in [5, 5.41) is 6.48. The third-order valence-electron chi connectivity index (χ3n) is 3.01. The summed E-state index contributed by atoms with van der Waals surface area (Å²) in [5.74, 6) is -0.418. The number of nitrogens with one attached hydrogen (secondary N) is 1. The van der Waals surface area contributed by atoms with Crippen LogP contribution in [0.3, 0.4) is 0 Å². The molecule has 0 heterocycles. The van der Waals surface area contributed by atoms with E-state index in [1.807, 2.05) is 48.5 Å². The zero-order chi connectivity index (χ0) is 17.4. The van der Waals surface area contributed by atoms with Crippen molar-refractivity contribution in [2.24, 2.45) is 5.16 Å². The SMILES string of the molecule is CO/N=C(\C(=O)NCP(C)(=O)Sc1ccccc1)c1ccccc1. The fourth-order valence-corrected chi connectivity index (χ4v) is 5.26. The molecule has 0 radical (unpaired) electrons. The quantitative estimate of drug-likeness (QED) is 0.462. The molecule has 0 saturated heterocycles. The smallest absolute Gasteiger partial charge is 0.274 e. The van der Waals surface area contributed by atoms with E-state index in [9.17, 15) is 9.36 Å². The summed E-state index contributed by atoms with van der Waals surface area (Å²) in [6.07, 6.45) is -2.56. The van der Waals surface area contributed by atoms with Gasteiger partial charge in [0.15, 0.2) is 12.1 Å². The first-order chi connectivity index (χ1) is 11.5. The minimum absolute atomic E-state index is 0.0704. The fourth-order valence-electron chi connectivity index (χ4n) is 1.95. The van der Waals surface area contributed by atoms with Crippen LogP contribution >= 0.6 is 17.7 Å². The largest absolute Gasteiger partial charge is 0.398 e. The lowest BCUT2D eigenvalue weighted by atomic mass is 10.1. The van der Waals surface area contributed by atoms with Gasteiger partial charge in [-0.2, -0.15) is 0 Å². The highest BCUT2D eigenvalue weighted by Gasteiger charge is 2.21. The van der Waals surface area contributed by atoms with Crippen LogP contribution in [0, 0.1) is 0 Å². The van der Waals surface area contributed by atoms with Gasteiger partial charge in [-0.05, 0) is 12.1 Å². The van der Waals surface area contributed by atoms with Crippen LogP contribution in [0.25, 0.3) is 0 Å². The highest BCUT2D eigenvalue weighted by Crippen LogP contribution is 2.57. The number of hydrogen-bond donors (Lipinski definition) is 1. The summed E-state index contributed by atoms with van der Waals surface area (Å²) in [4.78, 5) is 18.0. The van der Waals surface area contributed by atoms with Crippen LogP contribution in [-0.4, -0.2) is 31.7 Å². The molecule has 0 aliphatic carbocycles. The molecule has 1 N–H and O–H groups in total. The molecule has 0 aliphatic heterocycles. The predicted octanol–water partition coefficient (Wildman–Crippen LogP) is 3.81. The molecule has 2 rings (SSSR count). The minimum atomic E-state index is -2.63. The van der Waals surface area contributed by atoms with Crippen LogP contribution in [0.15, 0.2) is 70.7 Å². The van der Waals surface area contributed by atoms with E-state index in [1.54, 1.807) is 18.8 Å². The maximum absolute atomic E-state index is 12.7. The Labute approximate surface area is 145 Å². The first kappa shape index (κ1) is 18.3. The van der Waals surface area contributed by atoms with Crippen molar-refractivity contribution in [3.63, 3.8) is 0 Å². The lowest BCUT2D eigenvalue weighted by molar-refractivity contribution is -0.114. The van der Waals surface area contributed by atoms with E-state index < -0.39 is 12.3 Å². The molecule has 1 amide bonds. The molecule has 126 valence electrons. The number of oxime groups is 1. The summed E-state index contributed by atoms with van der Waals surface area (Å²) in [6, 6.07) is 18.5. The van der Waals surface area contributed by atoms with Gasteiger partial charge in [-0.3, -0.25) is 4.79 Å². The number of carbonyl (C=O) groups excluding carboxylic acids is 1. The van der Waals surface area contributed by atoms with Gasteiger partial charge >= 0.3 is 0 Å². The molecular formula is C17H19N2O3PS. The van der Waals surface area contributed by atoms with Gasteiger partial charge < -0.3 is 14.7 Å². The molecule has 1 unspecified atom stereocenters. The van der Waals surface area contributed by atoms with Gasteiger partial charge in [-0.1, -0.05) is 65.1 Å². The third kappa shape index (κ3) is 5.55. The maximum Gasteiger partial charge on any atom is 0.274 e. The molecule has 7 heteroatoms. The van der Waals surface area contributed by atoms with Gasteiger partial charge in [0, 0.05) is 17.1 Å². The number of amides is 1. The van der Waals surface area contributed by atoms with Crippen molar-refractivity contribution in [2.75, 3.05) is 20.1 Å². The van der Waals surface area contributed by atoms with Crippen LogP contribution in [0.1, 0.15) is 5.56 Å². The Morgan fingerprint density at radius 2 is 1.71 bits per heavy atom. The highest BCUT2D eigenvalue weighted by atomic mass is 32.7. The van der Waals surface area contributed by atoms with Gasteiger partial charge in [-0.25, -0.2) is 0 Å². The van der Waals surface area contributed by atoms with Crippen LogP contribution in [-0.2, 0) is 14.2 Å². The molecule has 0 spiro atoms. The van der Waals surface area contributed by atoms with Gasteiger partial charge in [-0.15, -0.1) is 0 Å². The summed E-state index contributed by atoms with van der Waals surface area (Å²) >= 11 is 1.28. The Bertz CT molecular complexity index is 751. The molecule has 1 atom stereocenters. The zero-order valence-corrected chi connectivity index (χ0v) is 15.2. The zero-order valence-electron chi connectivity index (χ0n) is 13.5. The molecule has 0 fully saturated rings. The fraction of sp³-hybridized carbons (Fsp3) is 0.176. The van der Waals surface area contributed by atoms with E-state index in [1.165, 1.54) is 18.5 Å². The number of benzene rings is 2. The normalized spacial score (nSPS) is 13.8. The molecule has 2 aromatic carbocycles. The Morgan fingerprint density at radius 1 is 1.12 bits per heavy atom. The van der Waals surface area contributed by atoms with Crippen LogP contribution < -0.4 is 5.32 Å². The predicted molar refractivity (Wildman–Crippen MR) is 98.8 cm³/mol. The van der Waals surface area contributed by atoms with Crippen molar-refractivity contribution in [3.8, 4) is 0 Å². The van der Waals surface area contributed by atoms with Crippen LogP contribution in [0.4, 0.5) is 0 Å². The molecule has 24 heavy (non-hydrogen) atoms. The van der Waals surface area contributed by atoms with E-state index in [2.05, 4.69) is 10.5 Å². The molecule has 0 aliphatic rings. The van der Waals surface area contributed by atoms with Crippen molar-refractivity contribution in [3.05, 3.63) is 66.2 Å². The first-order valence-corrected chi connectivity index (χ1v) is 11.0. The van der Waals surface area contributed by atoms with E-state index in [4.69, 9.17) is 4.84 Å². The highest BCUT2D eigenvalue weighted by molar-refractivity contribution is 8.57. The Kier molecular flexibility index (Phi) is 6.64. The van der Waals surface area contributed by atoms with Crippen molar-refractivity contribution in [2.45, 2.75) is 4.90 Å². The van der Waals surface area contributed by atoms with Crippen LogP contribution in [0.2, 0.25) is 0 Å². The number of hydrogen-bond acceptors (Lipinski definition) is 5. The molecule has 2 aromatic rings. The Hall–Kier alpha value is -2.04. The van der Waals surface area contributed by atoms with Gasteiger partial charge in [0.2, 0.25) is 0 Å². The van der Waals surface area contributed by atoms with E-state index in [0.29, 0.717) is 5.56 Å². The molecule has 0 aromatic heterocycles. The molecular weight excluding hydrogens is 343 g/mol. The number of carbonyl (C=O) groups is 1. The van der Waals surface area contributed by atoms with Gasteiger partial charge in [0.25, 0.3) is 5.91 Å². The Balaban J connectivity index is 2.02. The third-order valence-corrected chi connectivity index (χ3v) is 6.79. The van der Waals surface area contributed by atoms with Crippen molar-refractivity contribution in [1.82, 2.24) is 5.32 Å². The lowest BCUT2D eigenvalue weighted by Crippen LogP contribution is -2.32. The summed E-state index contributed by atoms with van der Waals surface area (Å²) < 4.78 is 12.7. The minimum Gasteiger partial charge on any atom is -0.398 e. The van der Waals surface area contributed by atoms with E-state index in [-0.39, 0.29) is 12.0 Å². The van der Waals surface area contributed by atoms with Crippen molar-refractivity contribution >= 4 is 29.3 Å². The molecule has 0 bridgehead atoms. The lowest BCUT2D eigenvalue weighted by Gasteiger charge is -2.14. The second-order valence-corrected chi connectivity index (χ2v) is 10.9. The van der Waals surface area contributed by atoms with E-state index in [0.717, 1.165) is 4.90 Å². The van der Waals surface area contributed by atoms with Crippen molar-refractivity contribution in [1.29, 1.82) is 0 Å². The van der Waals surface area contributed by atoms with Gasteiger partial charge in [0.05, 0.1) is 6.29 Å². The second kappa shape index (κ2) is 8.71. The molecule has 0 saturated carbocycles. The van der Waals surface area contributed by atoms with E-state index >= 15 is 0 Å². The average molecular weight is 362 g/mol. The second-order valence-electron chi connectivity index (χ2n) is 5.07. The molecule has 5 nitrogen and oxygen atoms in total. The average Bonchev–Trinajstić information content (AvgIpc) is 2.59. The number of nitrogens with zero attached hydrogens (tertiary/aromatic N) is 1. The summed E-state index contributed by atoms with van der Waals surface area (Å²) in [7, 11) is 1.38. The monoisotopic (exact) mass is 362 g/mol. The van der Waals surface area contributed by atoms with Crippen LogP contribution in [0.5, 0.6) is 0 Å². The summed E-state index contributed by atoms with van der Waals surface area (Å²) in [5.41, 5.74) is 0.793. The standard InChI is InChI=1S/C17H19N2O3PS/c1-22-19-16(14-9-5-3-6-10-14)17(20)18-13-23(2,21)24-15-11-7-4-8-12-15/h3-12H,13H2,1-2H3,(H,18,20)/b19-16-. The van der Waals surface area contributed by atoms with Gasteiger partial charge in [0.1, 0.15) is 7.11 Å². The Morgan fingerprint density at radius 3 is 2.29 bits per heavy atom. The first-order valence-electron chi connectivity index (χ1n) is 7.28. The summed E-state index contributed by atoms with van der Waals surface area (Å²) in [6.45, 7) is 1.65. The van der Waals surface area contributed by atoms with Crippen molar-refractivity contribution < 1.29 is 14.2 Å². The maximum atomic E-state index is 12.7. The topological polar surface area (TPSA) is 67.8 Å². The number of rotatable bonds is 7.